The van der Waals surface area contributed by atoms with Gasteiger partial charge in [-0.3, -0.25) is 0 Å². The lowest BCUT2D eigenvalue weighted by Crippen LogP contribution is -2.02. The van der Waals surface area contributed by atoms with Crippen LogP contribution in [0.4, 0.5) is 23.1 Å². The highest BCUT2D eigenvalue weighted by Gasteiger charge is 2.07. The van der Waals surface area contributed by atoms with E-state index in [0.29, 0.717) is 23.3 Å². The topological polar surface area (TPSA) is 81.2 Å². The van der Waals surface area contributed by atoms with E-state index in [9.17, 15) is 0 Å². The van der Waals surface area contributed by atoms with E-state index >= 15 is 0 Å². The van der Waals surface area contributed by atoms with E-state index < -0.39 is 0 Å². The first kappa shape index (κ1) is 16.5. The molecule has 25 heavy (non-hydrogen) atoms. The number of nitrogens with zero attached hydrogens (tertiary/aromatic N) is 3. The molecule has 0 atom stereocenters. The SMILES string of the molecule is COc1ccc(Nc2nncc(Nc3cccc(C)c3)n2)cc1OC. The first-order valence-electron chi connectivity index (χ1n) is 7.70. The molecule has 0 radical (unpaired) electrons. The van der Waals surface area contributed by atoms with Gasteiger partial charge in [-0.25, -0.2) is 0 Å². The fraction of sp³-hybridized carbons (Fsp3) is 0.167. The van der Waals surface area contributed by atoms with Crippen LogP contribution in [0.1, 0.15) is 5.56 Å². The largest absolute Gasteiger partial charge is 0.493 e. The number of ether oxygens (including phenoxy) is 2. The maximum atomic E-state index is 5.29. The van der Waals surface area contributed by atoms with Gasteiger partial charge in [-0.1, -0.05) is 12.1 Å². The lowest BCUT2D eigenvalue weighted by atomic mass is 10.2. The van der Waals surface area contributed by atoms with Gasteiger partial charge in [0.2, 0.25) is 5.95 Å². The van der Waals surface area contributed by atoms with Crippen LogP contribution in [0.2, 0.25) is 0 Å². The summed E-state index contributed by atoms with van der Waals surface area (Å²) in [5.41, 5.74) is 2.88. The van der Waals surface area contributed by atoms with E-state index in [1.807, 2.05) is 49.4 Å². The van der Waals surface area contributed by atoms with E-state index in [4.69, 9.17) is 9.47 Å². The lowest BCUT2D eigenvalue weighted by molar-refractivity contribution is 0.355. The molecule has 0 saturated heterocycles. The quantitative estimate of drug-likeness (QED) is 0.710. The number of aryl methyl sites for hydroxylation is 1. The summed E-state index contributed by atoms with van der Waals surface area (Å²) in [7, 11) is 3.19. The molecule has 2 N–H and O–H groups in total. The van der Waals surface area contributed by atoms with E-state index in [1.165, 1.54) is 0 Å². The number of hydrogen-bond donors (Lipinski definition) is 2. The van der Waals surface area contributed by atoms with E-state index in [1.54, 1.807) is 20.4 Å². The normalized spacial score (nSPS) is 10.2. The molecule has 0 unspecified atom stereocenters. The van der Waals surface area contributed by atoms with Crippen LogP contribution in [0.15, 0.2) is 48.7 Å². The van der Waals surface area contributed by atoms with Gasteiger partial charge in [0.1, 0.15) is 0 Å². The molecule has 1 aromatic heterocycles. The minimum Gasteiger partial charge on any atom is -0.493 e. The monoisotopic (exact) mass is 337 g/mol. The first-order valence-corrected chi connectivity index (χ1v) is 7.70. The van der Waals surface area contributed by atoms with E-state index in [0.717, 1.165) is 16.9 Å². The van der Waals surface area contributed by atoms with E-state index in [-0.39, 0.29) is 0 Å². The molecular formula is C18H19N5O2. The zero-order valence-corrected chi connectivity index (χ0v) is 14.3. The second-order valence-electron chi connectivity index (χ2n) is 5.35. The van der Waals surface area contributed by atoms with Crippen molar-refractivity contribution >= 4 is 23.1 Å². The third-order valence-corrected chi connectivity index (χ3v) is 3.49. The Morgan fingerprint density at radius 2 is 1.68 bits per heavy atom. The fourth-order valence-corrected chi connectivity index (χ4v) is 2.33. The summed E-state index contributed by atoms with van der Waals surface area (Å²) in [5.74, 6) is 2.25. The van der Waals surface area contributed by atoms with Crippen LogP contribution in [0.5, 0.6) is 11.5 Å². The molecule has 0 aliphatic rings. The number of hydrogen-bond acceptors (Lipinski definition) is 7. The highest BCUT2D eigenvalue weighted by atomic mass is 16.5. The number of benzene rings is 2. The smallest absolute Gasteiger partial charge is 0.249 e. The Morgan fingerprint density at radius 3 is 2.44 bits per heavy atom. The van der Waals surface area contributed by atoms with Gasteiger partial charge in [-0.05, 0) is 36.8 Å². The predicted octanol–water partition coefficient (Wildman–Crippen LogP) is 3.68. The van der Waals surface area contributed by atoms with Gasteiger partial charge in [0.05, 0.1) is 20.4 Å². The molecule has 0 saturated carbocycles. The standard InChI is InChI=1S/C18H19N5O2/c1-12-5-4-6-13(9-12)20-17-11-19-23-18(22-17)21-14-7-8-15(24-2)16(10-14)25-3/h4-11H,1-3H3,(H2,20,21,22,23). The van der Waals surface area contributed by atoms with Crippen molar-refractivity contribution in [3.63, 3.8) is 0 Å². The average molecular weight is 337 g/mol. The molecule has 0 bridgehead atoms. The number of aromatic nitrogens is 3. The van der Waals surface area contributed by atoms with Gasteiger partial charge in [0.25, 0.3) is 0 Å². The molecule has 1 heterocycles. The third kappa shape index (κ3) is 4.14. The molecule has 0 amide bonds. The minimum absolute atomic E-state index is 0.380. The summed E-state index contributed by atoms with van der Waals surface area (Å²) in [6.45, 7) is 2.04. The summed E-state index contributed by atoms with van der Waals surface area (Å²) in [5, 5.41) is 14.3. The molecule has 0 fully saturated rings. The molecule has 3 rings (SSSR count). The molecule has 128 valence electrons. The number of nitrogens with one attached hydrogen (secondary N) is 2. The van der Waals surface area contributed by atoms with Crippen LogP contribution >= 0.6 is 0 Å². The van der Waals surface area contributed by atoms with Crippen molar-refractivity contribution in [1.29, 1.82) is 0 Å². The Morgan fingerprint density at radius 1 is 0.880 bits per heavy atom. The Bertz CT molecular complexity index is 870. The molecule has 2 aromatic carbocycles. The van der Waals surface area contributed by atoms with Crippen molar-refractivity contribution in [3.05, 3.63) is 54.2 Å². The van der Waals surface area contributed by atoms with Gasteiger partial charge >= 0.3 is 0 Å². The van der Waals surface area contributed by atoms with Crippen molar-refractivity contribution in [2.75, 3.05) is 24.9 Å². The van der Waals surface area contributed by atoms with Crippen LogP contribution in [0.25, 0.3) is 0 Å². The van der Waals surface area contributed by atoms with Gasteiger partial charge < -0.3 is 20.1 Å². The molecule has 0 spiro atoms. The summed E-state index contributed by atoms with van der Waals surface area (Å²) in [6.07, 6.45) is 1.57. The molecule has 0 aliphatic carbocycles. The van der Waals surface area contributed by atoms with Crippen LogP contribution in [-0.2, 0) is 0 Å². The second-order valence-corrected chi connectivity index (χ2v) is 5.35. The molecule has 7 heteroatoms. The van der Waals surface area contributed by atoms with Gasteiger partial charge in [0.15, 0.2) is 17.3 Å². The van der Waals surface area contributed by atoms with Gasteiger partial charge in [0, 0.05) is 17.4 Å². The lowest BCUT2D eigenvalue weighted by Gasteiger charge is -2.11. The Labute approximate surface area is 146 Å². The van der Waals surface area contributed by atoms with Crippen molar-refractivity contribution in [1.82, 2.24) is 15.2 Å². The van der Waals surface area contributed by atoms with Crippen molar-refractivity contribution in [2.45, 2.75) is 6.92 Å². The maximum Gasteiger partial charge on any atom is 0.249 e. The van der Waals surface area contributed by atoms with Crippen molar-refractivity contribution in [3.8, 4) is 11.5 Å². The summed E-state index contributed by atoms with van der Waals surface area (Å²) in [6, 6.07) is 13.5. The zero-order chi connectivity index (χ0) is 17.6. The number of rotatable bonds is 6. The predicted molar refractivity (Wildman–Crippen MR) is 97.1 cm³/mol. The fourth-order valence-electron chi connectivity index (χ4n) is 2.33. The van der Waals surface area contributed by atoms with E-state index in [2.05, 4.69) is 25.8 Å². The minimum atomic E-state index is 0.380. The molecule has 0 aliphatic heterocycles. The molecular weight excluding hydrogens is 318 g/mol. The second kappa shape index (κ2) is 7.48. The Hall–Kier alpha value is -3.35. The van der Waals surface area contributed by atoms with Crippen LogP contribution in [0.3, 0.4) is 0 Å². The average Bonchev–Trinajstić information content (AvgIpc) is 2.62. The van der Waals surface area contributed by atoms with Crippen molar-refractivity contribution < 1.29 is 9.47 Å². The highest BCUT2D eigenvalue weighted by Crippen LogP contribution is 2.30. The van der Waals surface area contributed by atoms with Gasteiger partial charge in [-0.2, -0.15) is 10.1 Å². The first-order chi connectivity index (χ1) is 12.2. The number of anilines is 4. The summed E-state index contributed by atoms with van der Waals surface area (Å²) in [4.78, 5) is 4.42. The van der Waals surface area contributed by atoms with Crippen LogP contribution in [0, 0.1) is 6.92 Å². The zero-order valence-electron chi connectivity index (χ0n) is 14.3. The maximum absolute atomic E-state index is 5.29. The van der Waals surface area contributed by atoms with Crippen molar-refractivity contribution in [2.24, 2.45) is 0 Å². The Kier molecular flexibility index (Phi) is 4.94. The highest BCUT2D eigenvalue weighted by molar-refractivity contribution is 5.61. The Balaban J connectivity index is 1.78. The third-order valence-electron chi connectivity index (χ3n) is 3.49. The summed E-state index contributed by atoms with van der Waals surface area (Å²) < 4.78 is 10.5. The van der Waals surface area contributed by atoms with Crippen LogP contribution < -0.4 is 20.1 Å². The van der Waals surface area contributed by atoms with Crippen LogP contribution in [-0.4, -0.2) is 29.4 Å². The molecule has 7 nitrogen and oxygen atoms in total. The van der Waals surface area contributed by atoms with Gasteiger partial charge in [-0.15, -0.1) is 5.10 Å². The molecule has 3 aromatic rings. The number of methoxy groups -OCH3 is 2. The summed E-state index contributed by atoms with van der Waals surface area (Å²) >= 11 is 0.